The lowest BCUT2D eigenvalue weighted by molar-refractivity contribution is 0.178. The maximum Gasteiger partial charge on any atom is 0.0846 e. The Balaban J connectivity index is 2.74. The van der Waals surface area contributed by atoms with Gasteiger partial charge in [0.1, 0.15) is 0 Å². The summed E-state index contributed by atoms with van der Waals surface area (Å²) in [7, 11) is 0. The van der Waals surface area contributed by atoms with Crippen molar-refractivity contribution in [3.05, 3.63) is 42.0 Å². The molecule has 0 fully saturated rings. The average molecular weight is 191 g/mol. The van der Waals surface area contributed by atoms with Crippen LogP contribution in [0, 0.1) is 0 Å². The molecular formula is C12H17NO. The predicted octanol–water partition coefficient (Wildman–Crippen LogP) is 2.66. The third-order valence-corrected chi connectivity index (χ3v) is 2.34. The zero-order valence-corrected chi connectivity index (χ0v) is 8.53. The van der Waals surface area contributed by atoms with Gasteiger partial charge in [-0.1, -0.05) is 37.3 Å². The molecule has 0 spiro atoms. The molecule has 1 aromatic rings. The van der Waals surface area contributed by atoms with E-state index in [1.807, 2.05) is 25.1 Å². The van der Waals surface area contributed by atoms with Gasteiger partial charge in [0.15, 0.2) is 0 Å². The first-order valence-electron chi connectivity index (χ1n) is 4.84. The summed E-state index contributed by atoms with van der Waals surface area (Å²) < 4.78 is 0. The predicted molar refractivity (Wildman–Crippen MR) is 59.9 cm³/mol. The third kappa shape index (κ3) is 2.60. The molecule has 0 aliphatic rings. The van der Waals surface area contributed by atoms with Crippen LogP contribution in [-0.4, -0.2) is 5.11 Å². The summed E-state index contributed by atoms with van der Waals surface area (Å²) in [6, 6.07) is 7.39. The number of hydrogen-bond acceptors (Lipinski definition) is 2. The Kier molecular flexibility index (Phi) is 3.72. The molecule has 1 atom stereocenters. The Morgan fingerprint density at radius 1 is 1.50 bits per heavy atom. The second-order valence-electron chi connectivity index (χ2n) is 3.45. The first kappa shape index (κ1) is 10.8. The second-order valence-corrected chi connectivity index (χ2v) is 3.45. The minimum Gasteiger partial charge on any atom is -0.398 e. The number of para-hydroxylation sites is 1. The number of nitrogens with two attached hydrogens (primary N) is 1. The number of aliphatic hydroxyl groups excluding tert-OH is 1. The van der Waals surface area contributed by atoms with Gasteiger partial charge in [-0.3, -0.25) is 0 Å². The van der Waals surface area contributed by atoms with Crippen molar-refractivity contribution in [3.63, 3.8) is 0 Å². The minimum absolute atomic E-state index is 0.524. The molecule has 0 bridgehead atoms. The molecular weight excluding hydrogens is 174 g/mol. The highest BCUT2D eigenvalue weighted by Crippen LogP contribution is 2.25. The molecule has 1 aromatic carbocycles. The number of aliphatic hydroxyl groups is 1. The Bertz CT molecular complexity index is 320. The van der Waals surface area contributed by atoms with E-state index in [0.29, 0.717) is 12.1 Å². The monoisotopic (exact) mass is 191 g/mol. The number of benzene rings is 1. The molecule has 0 radical (unpaired) electrons. The molecule has 2 heteroatoms. The fourth-order valence-corrected chi connectivity index (χ4v) is 1.34. The normalized spacial score (nSPS) is 12.4. The van der Waals surface area contributed by atoms with Crippen LogP contribution < -0.4 is 5.73 Å². The Hall–Kier alpha value is -1.28. The van der Waals surface area contributed by atoms with E-state index >= 15 is 0 Å². The number of anilines is 1. The number of rotatable bonds is 4. The highest BCUT2D eigenvalue weighted by atomic mass is 16.3. The van der Waals surface area contributed by atoms with Crippen molar-refractivity contribution in [1.82, 2.24) is 0 Å². The van der Waals surface area contributed by atoms with Gasteiger partial charge in [-0.25, -0.2) is 0 Å². The largest absolute Gasteiger partial charge is 0.398 e. The van der Waals surface area contributed by atoms with Gasteiger partial charge in [-0.2, -0.15) is 0 Å². The van der Waals surface area contributed by atoms with Crippen LogP contribution in [0.2, 0.25) is 0 Å². The molecule has 0 aliphatic heterocycles. The van der Waals surface area contributed by atoms with Gasteiger partial charge >= 0.3 is 0 Å². The SMILES string of the molecule is C=C(CC)CC(O)c1ccccc1N. The molecule has 1 unspecified atom stereocenters. The van der Waals surface area contributed by atoms with E-state index in [1.165, 1.54) is 0 Å². The summed E-state index contributed by atoms with van der Waals surface area (Å²) >= 11 is 0. The van der Waals surface area contributed by atoms with E-state index in [1.54, 1.807) is 6.07 Å². The molecule has 2 nitrogen and oxygen atoms in total. The molecule has 3 N–H and O–H groups in total. The molecule has 0 aliphatic carbocycles. The fourth-order valence-electron chi connectivity index (χ4n) is 1.34. The number of nitrogen functional groups attached to an aromatic ring is 1. The van der Waals surface area contributed by atoms with Gasteiger partial charge in [-0.15, -0.1) is 0 Å². The lowest BCUT2D eigenvalue weighted by Gasteiger charge is -2.13. The second kappa shape index (κ2) is 4.82. The van der Waals surface area contributed by atoms with Crippen LogP contribution >= 0.6 is 0 Å². The summed E-state index contributed by atoms with van der Waals surface area (Å²) in [5.41, 5.74) is 8.23. The molecule has 0 saturated carbocycles. The van der Waals surface area contributed by atoms with E-state index < -0.39 is 6.10 Å². The summed E-state index contributed by atoms with van der Waals surface area (Å²) in [6.45, 7) is 5.90. The molecule has 0 amide bonds. The number of hydrogen-bond donors (Lipinski definition) is 2. The van der Waals surface area contributed by atoms with Crippen LogP contribution in [0.5, 0.6) is 0 Å². The smallest absolute Gasteiger partial charge is 0.0846 e. The summed E-state index contributed by atoms with van der Waals surface area (Å²) in [6.07, 6.45) is 0.956. The molecule has 76 valence electrons. The van der Waals surface area contributed by atoms with Crippen molar-refractivity contribution >= 4 is 5.69 Å². The van der Waals surface area contributed by atoms with Crippen molar-refractivity contribution in [2.75, 3.05) is 5.73 Å². The molecule has 0 aromatic heterocycles. The molecule has 1 rings (SSSR count). The Morgan fingerprint density at radius 3 is 2.71 bits per heavy atom. The van der Waals surface area contributed by atoms with Crippen LogP contribution in [-0.2, 0) is 0 Å². The van der Waals surface area contributed by atoms with E-state index in [9.17, 15) is 5.11 Å². The van der Waals surface area contributed by atoms with Crippen LogP contribution in [0.3, 0.4) is 0 Å². The van der Waals surface area contributed by atoms with E-state index in [4.69, 9.17) is 5.73 Å². The lowest BCUT2D eigenvalue weighted by Crippen LogP contribution is -2.02. The topological polar surface area (TPSA) is 46.2 Å². The van der Waals surface area contributed by atoms with Gasteiger partial charge in [0.2, 0.25) is 0 Å². The first-order valence-corrected chi connectivity index (χ1v) is 4.84. The fraction of sp³-hybridized carbons (Fsp3) is 0.333. The highest BCUT2D eigenvalue weighted by Gasteiger charge is 2.10. The quantitative estimate of drug-likeness (QED) is 0.567. The average Bonchev–Trinajstić information content (AvgIpc) is 2.18. The Morgan fingerprint density at radius 2 is 2.14 bits per heavy atom. The van der Waals surface area contributed by atoms with Crippen molar-refractivity contribution in [1.29, 1.82) is 0 Å². The third-order valence-electron chi connectivity index (χ3n) is 2.34. The highest BCUT2D eigenvalue weighted by molar-refractivity contribution is 5.47. The van der Waals surface area contributed by atoms with Crippen LogP contribution in [0.4, 0.5) is 5.69 Å². The van der Waals surface area contributed by atoms with Crippen LogP contribution in [0.1, 0.15) is 31.4 Å². The van der Waals surface area contributed by atoms with E-state index in [0.717, 1.165) is 17.6 Å². The zero-order valence-electron chi connectivity index (χ0n) is 8.53. The van der Waals surface area contributed by atoms with Crippen LogP contribution in [0.15, 0.2) is 36.4 Å². The van der Waals surface area contributed by atoms with Gasteiger partial charge in [0.05, 0.1) is 6.10 Å². The zero-order chi connectivity index (χ0) is 10.6. The molecule has 0 saturated heterocycles. The van der Waals surface area contributed by atoms with Gasteiger partial charge in [0.25, 0.3) is 0 Å². The van der Waals surface area contributed by atoms with E-state index in [-0.39, 0.29) is 0 Å². The summed E-state index contributed by atoms with van der Waals surface area (Å²) in [5, 5.41) is 9.86. The van der Waals surface area contributed by atoms with Crippen molar-refractivity contribution < 1.29 is 5.11 Å². The lowest BCUT2D eigenvalue weighted by atomic mass is 10.00. The maximum atomic E-state index is 9.86. The van der Waals surface area contributed by atoms with Crippen LogP contribution in [0.25, 0.3) is 0 Å². The summed E-state index contributed by atoms with van der Waals surface area (Å²) in [5.74, 6) is 0. The molecule has 0 heterocycles. The van der Waals surface area contributed by atoms with Gasteiger partial charge < -0.3 is 10.8 Å². The molecule has 14 heavy (non-hydrogen) atoms. The van der Waals surface area contributed by atoms with Crippen molar-refractivity contribution in [3.8, 4) is 0 Å². The Labute approximate surface area is 85.1 Å². The standard InChI is InChI=1S/C12H17NO/c1-3-9(2)8-12(14)10-6-4-5-7-11(10)13/h4-7,12,14H,2-3,8,13H2,1H3. The van der Waals surface area contributed by atoms with Gasteiger partial charge in [0, 0.05) is 11.3 Å². The summed E-state index contributed by atoms with van der Waals surface area (Å²) in [4.78, 5) is 0. The minimum atomic E-state index is -0.524. The first-order chi connectivity index (χ1) is 6.65. The van der Waals surface area contributed by atoms with Gasteiger partial charge in [-0.05, 0) is 18.9 Å². The maximum absolute atomic E-state index is 9.86. The van der Waals surface area contributed by atoms with Crippen molar-refractivity contribution in [2.24, 2.45) is 0 Å². The van der Waals surface area contributed by atoms with E-state index in [2.05, 4.69) is 6.58 Å². The van der Waals surface area contributed by atoms with Crippen molar-refractivity contribution in [2.45, 2.75) is 25.9 Å².